The van der Waals surface area contributed by atoms with Crippen molar-refractivity contribution in [1.82, 2.24) is 5.32 Å². The van der Waals surface area contributed by atoms with Gasteiger partial charge in [-0.25, -0.2) is 0 Å². The van der Waals surface area contributed by atoms with Gasteiger partial charge in [-0.3, -0.25) is 4.79 Å². The van der Waals surface area contributed by atoms with Gasteiger partial charge in [0.2, 0.25) is 0 Å². The predicted octanol–water partition coefficient (Wildman–Crippen LogP) is 3.20. The Balaban J connectivity index is 1.33. The molecular weight excluding hydrogens is 330 g/mol. The number of hydrogen-bond acceptors (Lipinski definition) is 4. The highest BCUT2D eigenvalue weighted by Gasteiger charge is 2.16. The summed E-state index contributed by atoms with van der Waals surface area (Å²) in [4.78, 5) is 12.2. The molecular formula is C21H23NO4. The standard InChI is InChI=1S/C21H23NO4/c1-14(16-6-8-19-20(12-16)25-10-9-24-19)22-21(23)13-26-18-7-5-15-3-2-4-17(15)11-18/h5-8,11-12,14H,2-4,9-10,13H2,1H3,(H,22,23)/t14-/m0/s1. The van der Waals surface area contributed by atoms with Crippen molar-refractivity contribution in [2.75, 3.05) is 19.8 Å². The number of ether oxygens (including phenoxy) is 3. The first kappa shape index (κ1) is 16.8. The van der Waals surface area contributed by atoms with Crippen molar-refractivity contribution in [2.45, 2.75) is 32.2 Å². The molecule has 0 spiro atoms. The third kappa shape index (κ3) is 3.62. The van der Waals surface area contributed by atoms with Crippen molar-refractivity contribution in [3.8, 4) is 17.2 Å². The highest BCUT2D eigenvalue weighted by Crippen LogP contribution is 2.32. The minimum Gasteiger partial charge on any atom is -0.486 e. The summed E-state index contributed by atoms with van der Waals surface area (Å²) in [6.45, 7) is 3.07. The van der Waals surface area contributed by atoms with Crippen molar-refractivity contribution in [3.63, 3.8) is 0 Å². The first-order valence-electron chi connectivity index (χ1n) is 9.12. The van der Waals surface area contributed by atoms with Gasteiger partial charge in [0.15, 0.2) is 18.1 Å². The van der Waals surface area contributed by atoms with Crippen molar-refractivity contribution in [1.29, 1.82) is 0 Å². The summed E-state index contributed by atoms with van der Waals surface area (Å²) < 4.78 is 16.8. The number of carbonyl (C=O) groups is 1. The molecule has 2 aromatic carbocycles. The lowest BCUT2D eigenvalue weighted by Crippen LogP contribution is -2.31. The molecule has 0 saturated carbocycles. The van der Waals surface area contributed by atoms with Crippen LogP contribution in [0.2, 0.25) is 0 Å². The lowest BCUT2D eigenvalue weighted by molar-refractivity contribution is -0.123. The lowest BCUT2D eigenvalue weighted by Gasteiger charge is -2.21. The largest absolute Gasteiger partial charge is 0.486 e. The number of rotatable bonds is 5. The summed E-state index contributed by atoms with van der Waals surface area (Å²) in [5.41, 5.74) is 3.71. The third-order valence-corrected chi connectivity index (χ3v) is 4.88. The van der Waals surface area contributed by atoms with Crippen LogP contribution in [-0.4, -0.2) is 25.7 Å². The SMILES string of the molecule is C[C@H](NC(=O)COc1ccc2c(c1)CCC2)c1ccc2c(c1)OCCO2. The number of hydrogen-bond donors (Lipinski definition) is 1. The number of nitrogens with one attached hydrogen (secondary N) is 1. The van der Waals surface area contributed by atoms with Crippen molar-refractivity contribution >= 4 is 5.91 Å². The van der Waals surface area contributed by atoms with Crippen LogP contribution in [0.5, 0.6) is 17.2 Å². The van der Waals surface area contributed by atoms with Gasteiger partial charge >= 0.3 is 0 Å². The minimum atomic E-state index is -0.145. The molecule has 1 heterocycles. The highest BCUT2D eigenvalue weighted by molar-refractivity contribution is 5.78. The second-order valence-corrected chi connectivity index (χ2v) is 6.77. The third-order valence-electron chi connectivity index (χ3n) is 4.88. The van der Waals surface area contributed by atoms with E-state index in [1.54, 1.807) is 0 Å². The Labute approximate surface area is 153 Å². The summed E-state index contributed by atoms with van der Waals surface area (Å²) in [5, 5.41) is 2.97. The number of fused-ring (bicyclic) bond motifs is 2. The molecule has 0 unspecified atom stereocenters. The summed E-state index contributed by atoms with van der Waals surface area (Å²) in [7, 11) is 0. The summed E-state index contributed by atoms with van der Waals surface area (Å²) in [6.07, 6.45) is 3.44. The topological polar surface area (TPSA) is 56.8 Å². The molecule has 1 aliphatic heterocycles. The number of carbonyl (C=O) groups excluding carboxylic acids is 1. The zero-order valence-corrected chi connectivity index (χ0v) is 14.9. The molecule has 5 heteroatoms. The smallest absolute Gasteiger partial charge is 0.258 e. The summed E-state index contributed by atoms with van der Waals surface area (Å²) >= 11 is 0. The molecule has 5 nitrogen and oxygen atoms in total. The zero-order valence-electron chi connectivity index (χ0n) is 14.9. The molecule has 1 atom stereocenters. The van der Waals surface area contributed by atoms with Crippen LogP contribution >= 0.6 is 0 Å². The van der Waals surface area contributed by atoms with Crippen LogP contribution in [0.3, 0.4) is 0 Å². The van der Waals surface area contributed by atoms with Crippen molar-refractivity contribution in [2.24, 2.45) is 0 Å². The Kier molecular flexibility index (Phi) is 4.69. The molecule has 4 rings (SSSR count). The van der Waals surface area contributed by atoms with E-state index in [2.05, 4.69) is 17.4 Å². The van der Waals surface area contributed by atoms with Crippen molar-refractivity contribution < 1.29 is 19.0 Å². The Bertz CT molecular complexity index is 818. The quantitative estimate of drug-likeness (QED) is 0.897. The summed E-state index contributed by atoms with van der Waals surface area (Å²) in [6, 6.07) is 11.7. The average Bonchev–Trinajstić information content (AvgIpc) is 3.13. The fraction of sp³-hybridized carbons (Fsp3) is 0.381. The van der Waals surface area contributed by atoms with Gasteiger partial charge in [-0.1, -0.05) is 12.1 Å². The first-order valence-corrected chi connectivity index (χ1v) is 9.12. The van der Waals surface area contributed by atoms with Gasteiger partial charge < -0.3 is 19.5 Å². The van der Waals surface area contributed by atoms with Crippen LogP contribution in [0.25, 0.3) is 0 Å². The van der Waals surface area contributed by atoms with E-state index in [9.17, 15) is 4.79 Å². The van der Waals surface area contributed by atoms with Gasteiger partial charge in [0.25, 0.3) is 5.91 Å². The Morgan fingerprint density at radius 1 is 1.08 bits per heavy atom. The van der Waals surface area contributed by atoms with Gasteiger partial charge in [-0.2, -0.15) is 0 Å². The van der Waals surface area contributed by atoms with Crippen LogP contribution in [0.1, 0.15) is 36.1 Å². The van der Waals surface area contributed by atoms with Crippen LogP contribution in [0.4, 0.5) is 0 Å². The molecule has 1 aliphatic carbocycles. The van der Waals surface area contributed by atoms with Gasteiger partial charge in [-0.15, -0.1) is 0 Å². The maximum Gasteiger partial charge on any atom is 0.258 e. The molecule has 0 bridgehead atoms. The lowest BCUT2D eigenvalue weighted by atomic mass is 10.1. The second-order valence-electron chi connectivity index (χ2n) is 6.77. The molecule has 0 fully saturated rings. The second kappa shape index (κ2) is 7.28. The van der Waals surface area contributed by atoms with Crippen LogP contribution in [-0.2, 0) is 17.6 Å². The van der Waals surface area contributed by atoms with E-state index in [1.807, 2.05) is 31.2 Å². The van der Waals surface area contributed by atoms with E-state index >= 15 is 0 Å². The number of benzene rings is 2. The molecule has 2 aliphatic rings. The van der Waals surface area contributed by atoms with E-state index in [-0.39, 0.29) is 18.6 Å². The van der Waals surface area contributed by atoms with E-state index in [1.165, 1.54) is 17.5 Å². The molecule has 26 heavy (non-hydrogen) atoms. The average molecular weight is 353 g/mol. The predicted molar refractivity (Wildman–Crippen MR) is 98.0 cm³/mol. The van der Waals surface area contributed by atoms with Gasteiger partial charge in [0.05, 0.1) is 6.04 Å². The molecule has 136 valence electrons. The molecule has 0 saturated heterocycles. The Morgan fingerprint density at radius 2 is 1.88 bits per heavy atom. The van der Waals surface area contributed by atoms with Crippen molar-refractivity contribution in [3.05, 3.63) is 53.1 Å². The van der Waals surface area contributed by atoms with Crippen LogP contribution < -0.4 is 19.5 Å². The Morgan fingerprint density at radius 3 is 2.77 bits per heavy atom. The maximum absolute atomic E-state index is 12.2. The fourth-order valence-corrected chi connectivity index (χ4v) is 3.48. The van der Waals surface area contributed by atoms with Gasteiger partial charge in [0, 0.05) is 0 Å². The monoisotopic (exact) mass is 353 g/mol. The van der Waals surface area contributed by atoms with E-state index in [0.717, 1.165) is 35.7 Å². The number of amides is 1. The molecule has 0 radical (unpaired) electrons. The first-order chi connectivity index (χ1) is 12.7. The van der Waals surface area contributed by atoms with Crippen LogP contribution in [0, 0.1) is 0 Å². The van der Waals surface area contributed by atoms with Gasteiger partial charge in [0.1, 0.15) is 19.0 Å². The van der Waals surface area contributed by atoms with Gasteiger partial charge in [-0.05, 0) is 67.1 Å². The zero-order chi connectivity index (χ0) is 17.9. The normalized spacial score (nSPS) is 15.9. The Hall–Kier alpha value is -2.69. The van der Waals surface area contributed by atoms with E-state index in [4.69, 9.17) is 14.2 Å². The molecule has 1 N–H and O–H groups in total. The summed E-state index contributed by atoms with van der Waals surface area (Å²) in [5.74, 6) is 2.09. The molecule has 0 aromatic heterocycles. The van der Waals surface area contributed by atoms with E-state index < -0.39 is 0 Å². The maximum atomic E-state index is 12.2. The molecule has 2 aromatic rings. The van der Waals surface area contributed by atoms with Crippen LogP contribution in [0.15, 0.2) is 36.4 Å². The minimum absolute atomic E-state index is 0.00762. The van der Waals surface area contributed by atoms with E-state index in [0.29, 0.717) is 13.2 Å². The number of aryl methyl sites for hydroxylation is 2. The fourth-order valence-electron chi connectivity index (χ4n) is 3.48. The highest BCUT2D eigenvalue weighted by atomic mass is 16.6. The molecule has 1 amide bonds.